The molecule has 0 bridgehead atoms. The van der Waals surface area contributed by atoms with Gasteiger partial charge in [0.15, 0.2) is 0 Å². The fraction of sp³-hybridized carbons (Fsp3) is 0.368. The van der Waals surface area contributed by atoms with E-state index in [9.17, 15) is 13.2 Å². The van der Waals surface area contributed by atoms with Crippen LogP contribution in [0.2, 0.25) is 0 Å². The van der Waals surface area contributed by atoms with Crippen molar-refractivity contribution in [3.05, 3.63) is 53.9 Å². The molecule has 138 valence electrons. The number of carbonyl (C=O) groups is 1. The molecule has 2 heterocycles. The van der Waals surface area contributed by atoms with Gasteiger partial charge in [-0.1, -0.05) is 0 Å². The highest BCUT2D eigenvalue weighted by Gasteiger charge is 2.29. The topological polar surface area (TPSA) is 79.4 Å². The minimum absolute atomic E-state index is 0.0292. The predicted octanol–water partition coefficient (Wildman–Crippen LogP) is 2.59. The molecule has 7 heteroatoms. The molecule has 0 fully saturated rings. The lowest BCUT2D eigenvalue weighted by molar-refractivity contribution is -0.116. The Morgan fingerprint density at radius 1 is 1.19 bits per heavy atom. The van der Waals surface area contributed by atoms with Crippen LogP contribution in [0.1, 0.15) is 38.3 Å². The number of rotatable bonds is 4. The number of sulfonamides is 1. The van der Waals surface area contributed by atoms with Crippen molar-refractivity contribution >= 4 is 21.6 Å². The fourth-order valence-corrected chi connectivity index (χ4v) is 4.74. The fourth-order valence-electron chi connectivity index (χ4n) is 3.29. The standard InChI is InChI=1S/C19H23N3O3S/c1-14(23)22-12-4-5-15-13-17(6-7-18(15)22)26(24,25)21-19(2,3)16-8-10-20-11-9-16/h6-11,13,21H,4-5,12H2,1-3H3. The van der Waals surface area contributed by atoms with E-state index in [1.54, 1.807) is 47.6 Å². The minimum atomic E-state index is -3.71. The second-order valence-electron chi connectivity index (χ2n) is 7.03. The molecule has 0 spiro atoms. The lowest BCUT2D eigenvalue weighted by Gasteiger charge is -2.30. The van der Waals surface area contributed by atoms with Gasteiger partial charge in [0.25, 0.3) is 0 Å². The maximum absolute atomic E-state index is 12.9. The molecule has 0 atom stereocenters. The van der Waals surface area contributed by atoms with Gasteiger partial charge in [-0.2, -0.15) is 0 Å². The minimum Gasteiger partial charge on any atom is -0.312 e. The van der Waals surface area contributed by atoms with Gasteiger partial charge < -0.3 is 4.90 Å². The third-order valence-electron chi connectivity index (χ3n) is 4.65. The summed E-state index contributed by atoms with van der Waals surface area (Å²) in [5.74, 6) is -0.0292. The summed E-state index contributed by atoms with van der Waals surface area (Å²) < 4.78 is 28.6. The summed E-state index contributed by atoms with van der Waals surface area (Å²) in [5, 5.41) is 0. The van der Waals surface area contributed by atoms with Crippen molar-refractivity contribution in [2.45, 2.75) is 44.0 Å². The number of carbonyl (C=O) groups excluding carboxylic acids is 1. The zero-order valence-electron chi connectivity index (χ0n) is 15.2. The van der Waals surface area contributed by atoms with Crippen LogP contribution in [-0.2, 0) is 26.8 Å². The van der Waals surface area contributed by atoms with Crippen LogP contribution < -0.4 is 9.62 Å². The van der Waals surface area contributed by atoms with Gasteiger partial charge in [0, 0.05) is 31.5 Å². The maximum Gasteiger partial charge on any atom is 0.241 e. The van der Waals surface area contributed by atoms with Gasteiger partial charge in [-0.05, 0) is 68.1 Å². The van der Waals surface area contributed by atoms with Crippen LogP contribution in [-0.4, -0.2) is 25.9 Å². The molecule has 3 rings (SSSR count). The molecule has 6 nitrogen and oxygen atoms in total. The summed E-state index contributed by atoms with van der Waals surface area (Å²) in [5.41, 5.74) is 1.74. The first-order valence-electron chi connectivity index (χ1n) is 8.56. The normalized spacial score (nSPS) is 14.8. The highest BCUT2D eigenvalue weighted by Crippen LogP contribution is 2.30. The molecule has 0 radical (unpaired) electrons. The quantitative estimate of drug-likeness (QED) is 0.893. The van der Waals surface area contributed by atoms with Crippen LogP contribution in [0.25, 0.3) is 0 Å². The van der Waals surface area contributed by atoms with Crippen molar-refractivity contribution in [3.8, 4) is 0 Å². The summed E-state index contributed by atoms with van der Waals surface area (Å²) in [6, 6.07) is 8.55. The summed E-state index contributed by atoms with van der Waals surface area (Å²) in [6.45, 7) is 5.83. The Morgan fingerprint density at radius 3 is 2.54 bits per heavy atom. The molecule has 26 heavy (non-hydrogen) atoms. The summed E-state index contributed by atoms with van der Waals surface area (Å²) in [6.07, 6.45) is 4.86. The number of nitrogens with zero attached hydrogens (tertiary/aromatic N) is 2. The molecule has 0 saturated heterocycles. The third kappa shape index (κ3) is 3.64. The molecular weight excluding hydrogens is 350 g/mol. The van der Waals surface area contributed by atoms with Crippen LogP contribution in [0.3, 0.4) is 0 Å². The first-order valence-corrected chi connectivity index (χ1v) is 10.0. The smallest absolute Gasteiger partial charge is 0.241 e. The Hall–Kier alpha value is -2.25. The molecule has 2 aromatic rings. The monoisotopic (exact) mass is 373 g/mol. The van der Waals surface area contributed by atoms with Crippen molar-refractivity contribution < 1.29 is 13.2 Å². The summed E-state index contributed by atoms with van der Waals surface area (Å²) >= 11 is 0. The van der Waals surface area contributed by atoms with Crippen molar-refractivity contribution in [2.24, 2.45) is 0 Å². The first kappa shape index (κ1) is 18.5. The van der Waals surface area contributed by atoms with E-state index >= 15 is 0 Å². The number of aromatic nitrogens is 1. The summed E-state index contributed by atoms with van der Waals surface area (Å²) in [4.78, 5) is 17.7. The Labute approximate surface area is 154 Å². The molecule has 1 N–H and O–H groups in total. The molecule has 0 saturated carbocycles. The number of pyridine rings is 1. The van der Waals surface area contributed by atoms with Crippen LogP contribution in [0.15, 0.2) is 47.6 Å². The predicted molar refractivity (Wildman–Crippen MR) is 100 cm³/mol. The molecular formula is C19H23N3O3S. The van der Waals surface area contributed by atoms with E-state index in [4.69, 9.17) is 0 Å². The Bertz CT molecular complexity index is 924. The third-order valence-corrected chi connectivity index (χ3v) is 6.31. The van der Waals surface area contributed by atoms with Gasteiger partial charge in [-0.3, -0.25) is 9.78 Å². The van der Waals surface area contributed by atoms with Crippen molar-refractivity contribution in [2.75, 3.05) is 11.4 Å². The molecule has 0 aliphatic carbocycles. The second kappa shape index (κ2) is 6.81. The molecule has 1 aliphatic rings. The Morgan fingerprint density at radius 2 is 1.88 bits per heavy atom. The molecule has 1 amide bonds. The SMILES string of the molecule is CC(=O)N1CCCc2cc(S(=O)(=O)NC(C)(C)c3ccncc3)ccc21. The van der Waals surface area contributed by atoms with Crippen molar-refractivity contribution in [1.82, 2.24) is 9.71 Å². The van der Waals surface area contributed by atoms with Crippen LogP contribution >= 0.6 is 0 Å². The van der Waals surface area contributed by atoms with E-state index in [2.05, 4.69) is 9.71 Å². The van der Waals surface area contributed by atoms with Crippen LogP contribution in [0.4, 0.5) is 5.69 Å². The average molecular weight is 373 g/mol. The first-order chi connectivity index (χ1) is 12.2. The number of hydrogen-bond donors (Lipinski definition) is 1. The molecule has 1 aliphatic heterocycles. The lowest BCUT2D eigenvalue weighted by atomic mass is 9.97. The van der Waals surface area contributed by atoms with E-state index in [1.807, 2.05) is 13.8 Å². The largest absolute Gasteiger partial charge is 0.312 e. The van der Waals surface area contributed by atoms with E-state index in [0.29, 0.717) is 6.54 Å². The highest BCUT2D eigenvalue weighted by molar-refractivity contribution is 7.89. The number of nitrogens with one attached hydrogen (secondary N) is 1. The van der Waals surface area contributed by atoms with Gasteiger partial charge in [0.1, 0.15) is 0 Å². The van der Waals surface area contributed by atoms with E-state index in [0.717, 1.165) is 29.7 Å². The Balaban J connectivity index is 1.92. The Kier molecular flexibility index (Phi) is 4.86. The maximum atomic E-state index is 12.9. The molecule has 1 aromatic heterocycles. The number of benzene rings is 1. The summed E-state index contributed by atoms with van der Waals surface area (Å²) in [7, 11) is -3.71. The number of amides is 1. The number of hydrogen-bond acceptors (Lipinski definition) is 4. The van der Waals surface area contributed by atoms with E-state index < -0.39 is 15.6 Å². The lowest BCUT2D eigenvalue weighted by Crippen LogP contribution is -2.41. The highest BCUT2D eigenvalue weighted by atomic mass is 32.2. The second-order valence-corrected chi connectivity index (χ2v) is 8.71. The molecule has 1 aromatic carbocycles. The zero-order valence-corrected chi connectivity index (χ0v) is 16.0. The van der Waals surface area contributed by atoms with Crippen LogP contribution in [0, 0.1) is 0 Å². The molecule has 0 unspecified atom stereocenters. The van der Waals surface area contributed by atoms with Crippen molar-refractivity contribution in [1.29, 1.82) is 0 Å². The van der Waals surface area contributed by atoms with E-state index in [-0.39, 0.29) is 10.8 Å². The number of aryl methyl sites for hydroxylation is 1. The number of anilines is 1. The van der Waals surface area contributed by atoms with Gasteiger partial charge in [-0.25, -0.2) is 13.1 Å². The van der Waals surface area contributed by atoms with Gasteiger partial charge in [-0.15, -0.1) is 0 Å². The zero-order chi connectivity index (χ0) is 18.9. The van der Waals surface area contributed by atoms with Crippen LogP contribution in [0.5, 0.6) is 0 Å². The van der Waals surface area contributed by atoms with E-state index in [1.165, 1.54) is 6.92 Å². The van der Waals surface area contributed by atoms with Crippen molar-refractivity contribution in [3.63, 3.8) is 0 Å². The number of fused-ring (bicyclic) bond motifs is 1. The van der Waals surface area contributed by atoms with Gasteiger partial charge in [0.2, 0.25) is 15.9 Å². The average Bonchev–Trinajstić information content (AvgIpc) is 2.60. The van der Waals surface area contributed by atoms with Gasteiger partial charge in [0.05, 0.1) is 10.4 Å². The van der Waals surface area contributed by atoms with Gasteiger partial charge >= 0.3 is 0 Å².